The fourth-order valence-corrected chi connectivity index (χ4v) is 4.12. The van der Waals surface area contributed by atoms with Gasteiger partial charge in [0, 0.05) is 30.9 Å². The molecule has 114 valence electrons. The monoisotopic (exact) mass is 286 g/mol. The summed E-state index contributed by atoms with van der Waals surface area (Å²) in [5.41, 5.74) is 3.08. The van der Waals surface area contributed by atoms with E-state index in [-0.39, 0.29) is 5.91 Å². The molecule has 1 aromatic carbocycles. The fraction of sp³-hybridized carbons (Fsp3) is 0.611. The number of nitrogens with one attached hydrogen (secondary N) is 1. The summed E-state index contributed by atoms with van der Waals surface area (Å²) in [5, 5.41) is 3.16. The third-order valence-corrected chi connectivity index (χ3v) is 5.25. The molecule has 0 aromatic heterocycles. The molecule has 2 fully saturated rings. The van der Waals surface area contributed by atoms with Crippen molar-refractivity contribution in [3.05, 3.63) is 29.3 Å². The van der Waals surface area contributed by atoms with Gasteiger partial charge >= 0.3 is 0 Å². The first-order valence-electron chi connectivity index (χ1n) is 8.30. The molecule has 0 bridgehead atoms. The van der Waals surface area contributed by atoms with Crippen LogP contribution < -0.4 is 5.32 Å². The second-order valence-electron chi connectivity index (χ2n) is 6.53. The van der Waals surface area contributed by atoms with Gasteiger partial charge in [0.05, 0.1) is 0 Å². The molecule has 1 saturated heterocycles. The van der Waals surface area contributed by atoms with Crippen LogP contribution in [0.3, 0.4) is 0 Å². The van der Waals surface area contributed by atoms with E-state index >= 15 is 0 Å². The van der Waals surface area contributed by atoms with Gasteiger partial charge in [0.1, 0.15) is 0 Å². The number of rotatable bonds is 3. The van der Waals surface area contributed by atoms with Crippen molar-refractivity contribution in [3.8, 4) is 0 Å². The van der Waals surface area contributed by atoms with Crippen molar-refractivity contribution in [2.45, 2.75) is 51.5 Å². The number of carbonyl (C=O) groups excluding carboxylic acids is 1. The van der Waals surface area contributed by atoms with E-state index in [1.807, 2.05) is 25.2 Å². The molecule has 3 heteroatoms. The molecule has 3 rings (SSSR count). The minimum absolute atomic E-state index is 0.232. The molecule has 1 amide bonds. The molecule has 1 saturated carbocycles. The summed E-state index contributed by atoms with van der Waals surface area (Å²) in [6.07, 6.45) is 7.68. The Balaban J connectivity index is 1.78. The molecular weight excluding hydrogens is 260 g/mol. The molecule has 0 radical (unpaired) electrons. The number of benzene rings is 1. The van der Waals surface area contributed by atoms with Gasteiger partial charge in [-0.3, -0.25) is 4.79 Å². The smallest absolute Gasteiger partial charge is 0.254 e. The molecule has 1 unspecified atom stereocenters. The van der Waals surface area contributed by atoms with E-state index in [4.69, 9.17) is 0 Å². The van der Waals surface area contributed by atoms with Crippen molar-refractivity contribution in [1.82, 2.24) is 4.90 Å². The standard InChI is InChI=1S/C18H26N2O/c1-13-12-15(9-10-16(13)19-2)18(21)20-11-5-8-17(20)14-6-3-4-7-14/h9-10,12,14,17,19H,3-8,11H2,1-2H3. The fourth-order valence-electron chi connectivity index (χ4n) is 4.12. The quantitative estimate of drug-likeness (QED) is 0.916. The highest BCUT2D eigenvalue weighted by Gasteiger charge is 2.36. The van der Waals surface area contributed by atoms with Crippen LogP contribution in [0.15, 0.2) is 18.2 Å². The average molecular weight is 286 g/mol. The zero-order valence-electron chi connectivity index (χ0n) is 13.2. The van der Waals surface area contributed by atoms with Crippen LogP contribution in [0.5, 0.6) is 0 Å². The molecule has 1 atom stereocenters. The zero-order valence-corrected chi connectivity index (χ0v) is 13.2. The van der Waals surface area contributed by atoms with Crippen molar-refractivity contribution in [1.29, 1.82) is 0 Å². The maximum Gasteiger partial charge on any atom is 0.254 e. The van der Waals surface area contributed by atoms with E-state index in [0.29, 0.717) is 6.04 Å². The van der Waals surface area contributed by atoms with Crippen LogP contribution >= 0.6 is 0 Å². The van der Waals surface area contributed by atoms with Gasteiger partial charge in [-0.2, -0.15) is 0 Å². The predicted octanol–water partition coefficient (Wildman–Crippen LogP) is 3.83. The van der Waals surface area contributed by atoms with Crippen molar-refractivity contribution in [2.24, 2.45) is 5.92 Å². The summed E-state index contributed by atoms with van der Waals surface area (Å²) in [7, 11) is 1.92. The van der Waals surface area contributed by atoms with Gasteiger partial charge in [-0.15, -0.1) is 0 Å². The van der Waals surface area contributed by atoms with E-state index in [1.54, 1.807) is 0 Å². The van der Waals surface area contributed by atoms with E-state index in [2.05, 4.69) is 17.1 Å². The minimum Gasteiger partial charge on any atom is -0.388 e. The number of anilines is 1. The Kier molecular flexibility index (Phi) is 4.18. The Labute approximate surface area is 127 Å². The molecular formula is C18H26N2O. The summed E-state index contributed by atoms with van der Waals surface area (Å²) in [6.45, 7) is 2.99. The van der Waals surface area contributed by atoms with E-state index in [9.17, 15) is 4.79 Å². The maximum atomic E-state index is 12.9. The van der Waals surface area contributed by atoms with Crippen LogP contribution in [0.4, 0.5) is 5.69 Å². The normalized spacial score (nSPS) is 22.8. The van der Waals surface area contributed by atoms with Crippen molar-refractivity contribution in [2.75, 3.05) is 18.9 Å². The van der Waals surface area contributed by atoms with Crippen LogP contribution in [0.25, 0.3) is 0 Å². The first kappa shape index (κ1) is 14.4. The molecule has 21 heavy (non-hydrogen) atoms. The third-order valence-electron chi connectivity index (χ3n) is 5.25. The highest BCUT2D eigenvalue weighted by molar-refractivity contribution is 5.95. The Morgan fingerprint density at radius 1 is 1.19 bits per heavy atom. The predicted molar refractivity (Wildman–Crippen MR) is 86.7 cm³/mol. The Hall–Kier alpha value is -1.51. The van der Waals surface area contributed by atoms with Crippen molar-refractivity contribution < 1.29 is 4.79 Å². The molecule has 1 N–H and O–H groups in total. The van der Waals surface area contributed by atoms with Crippen LogP contribution in [-0.4, -0.2) is 30.4 Å². The first-order chi connectivity index (χ1) is 10.2. The summed E-state index contributed by atoms with van der Waals surface area (Å²) < 4.78 is 0. The number of nitrogens with zero attached hydrogens (tertiary/aromatic N) is 1. The number of carbonyl (C=O) groups is 1. The second-order valence-corrected chi connectivity index (χ2v) is 6.53. The third kappa shape index (κ3) is 2.78. The summed E-state index contributed by atoms with van der Waals surface area (Å²) in [5.74, 6) is 0.976. The van der Waals surface area contributed by atoms with Crippen molar-refractivity contribution in [3.63, 3.8) is 0 Å². The largest absolute Gasteiger partial charge is 0.388 e. The molecule has 1 heterocycles. The van der Waals surface area contributed by atoms with Crippen LogP contribution in [0.1, 0.15) is 54.4 Å². The maximum absolute atomic E-state index is 12.9. The SMILES string of the molecule is CNc1ccc(C(=O)N2CCCC2C2CCCC2)cc1C. The molecule has 1 aromatic rings. The lowest BCUT2D eigenvalue weighted by atomic mass is 9.95. The van der Waals surface area contributed by atoms with Crippen LogP contribution in [0, 0.1) is 12.8 Å². The lowest BCUT2D eigenvalue weighted by molar-refractivity contribution is 0.0689. The first-order valence-corrected chi connectivity index (χ1v) is 8.30. The highest BCUT2D eigenvalue weighted by Crippen LogP contribution is 2.36. The molecule has 3 nitrogen and oxygen atoms in total. The molecule has 1 aliphatic carbocycles. The summed E-state index contributed by atoms with van der Waals surface area (Å²) >= 11 is 0. The average Bonchev–Trinajstić information content (AvgIpc) is 3.16. The molecule has 0 spiro atoms. The van der Waals surface area contributed by atoms with Gasteiger partial charge < -0.3 is 10.2 Å². The zero-order chi connectivity index (χ0) is 14.8. The van der Waals surface area contributed by atoms with Crippen molar-refractivity contribution >= 4 is 11.6 Å². The number of hydrogen-bond acceptors (Lipinski definition) is 2. The Morgan fingerprint density at radius 2 is 1.95 bits per heavy atom. The number of aryl methyl sites for hydroxylation is 1. The van der Waals surface area contributed by atoms with E-state index in [0.717, 1.165) is 29.3 Å². The van der Waals surface area contributed by atoms with Gasteiger partial charge in [0.15, 0.2) is 0 Å². The lowest BCUT2D eigenvalue weighted by Gasteiger charge is -2.29. The van der Waals surface area contributed by atoms with Crippen LogP contribution in [-0.2, 0) is 0 Å². The van der Waals surface area contributed by atoms with E-state index in [1.165, 1.54) is 38.5 Å². The van der Waals surface area contributed by atoms with Gasteiger partial charge in [-0.25, -0.2) is 0 Å². The number of hydrogen-bond donors (Lipinski definition) is 1. The second kappa shape index (κ2) is 6.08. The summed E-state index contributed by atoms with van der Waals surface area (Å²) in [6, 6.07) is 6.50. The number of amides is 1. The van der Waals surface area contributed by atoms with Gasteiger partial charge in [-0.1, -0.05) is 12.8 Å². The Morgan fingerprint density at radius 3 is 2.62 bits per heavy atom. The molecule has 1 aliphatic heterocycles. The van der Waals surface area contributed by atoms with Gasteiger partial charge in [0.25, 0.3) is 5.91 Å². The van der Waals surface area contributed by atoms with Gasteiger partial charge in [-0.05, 0) is 62.3 Å². The minimum atomic E-state index is 0.232. The topological polar surface area (TPSA) is 32.3 Å². The van der Waals surface area contributed by atoms with E-state index < -0.39 is 0 Å². The summed E-state index contributed by atoms with van der Waals surface area (Å²) in [4.78, 5) is 15.0. The number of likely N-dealkylation sites (tertiary alicyclic amines) is 1. The van der Waals surface area contributed by atoms with Crippen LogP contribution in [0.2, 0.25) is 0 Å². The molecule has 2 aliphatic rings. The Bertz CT molecular complexity index is 520. The lowest BCUT2D eigenvalue weighted by Crippen LogP contribution is -2.39. The van der Waals surface area contributed by atoms with Gasteiger partial charge in [0.2, 0.25) is 0 Å². The highest BCUT2D eigenvalue weighted by atomic mass is 16.2.